The van der Waals surface area contributed by atoms with Crippen LogP contribution in [0, 0.1) is 5.92 Å². The minimum Gasteiger partial charge on any atom is -0.738 e. The maximum Gasteiger partial charge on any atom is 0.436 e. The van der Waals surface area contributed by atoms with Crippen molar-refractivity contribution < 1.29 is 9.20 Å². The number of hydrogen-bond acceptors (Lipinski definition) is 6. The van der Waals surface area contributed by atoms with Gasteiger partial charge in [-0.25, -0.2) is 9.47 Å². The predicted octanol–water partition coefficient (Wildman–Crippen LogP) is 2.97. The van der Waals surface area contributed by atoms with Crippen LogP contribution in [0.3, 0.4) is 0 Å². The molecule has 2 aromatic heterocycles. The molecular weight excluding hydrogens is 424 g/mol. The van der Waals surface area contributed by atoms with Gasteiger partial charge in [-0.2, -0.15) is 10.2 Å². The van der Waals surface area contributed by atoms with Crippen LogP contribution in [0.1, 0.15) is 49.3 Å². The Labute approximate surface area is 191 Å². The van der Waals surface area contributed by atoms with E-state index in [0.29, 0.717) is 11.7 Å². The molecule has 0 saturated carbocycles. The third-order valence-electron chi connectivity index (χ3n) is 5.14. The summed E-state index contributed by atoms with van der Waals surface area (Å²) < 4.78 is 7.95. The lowest BCUT2D eigenvalue weighted by atomic mass is 9.96. The minimum atomic E-state index is -0.549. The van der Waals surface area contributed by atoms with E-state index >= 15 is 0 Å². The number of nitrogens with zero attached hydrogens (tertiary/aromatic N) is 5. The van der Waals surface area contributed by atoms with Gasteiger partial charge < -0.3 is 12.6 Å². The van der Waals surface area contributed by atoms with Crippen LogP contribution in [0.5, 0.6) is 0 Å². The highest BCUT2D eigenvalue weighted by Gasteiger charge is 2.22. The lowest BCUT2D eigenvalue weighted by Gasteiger charge is -2.14. The summed E-state index contributed by atoms with van der Waals surface area (Å²) >= 11 is 5.32. The molecule has 0 aliphatic heterocycles. The first-order valence-corrected chi connectivity index (χ1v) is 10.8. The van der Waals surface area contributed by atoms with Crippen molar-refractivity contribution >= 4 is 18.8 Å². The van der Waals surface area contributed by atoms with Crippen LogP contribution < -0.4 is 10.3 Å². The second-order valence-corrected chi connectivity index (χ2v) is 8.36. The van der Waals surface area contributed by atoms with Gasteiger partial charge in [0.05, 0.1) is 0 Å². The highest BCUT2D eigenvalue weighted by Crippen LogP contribution is 2.24. The average Bonchev–Trinajstić information content (AvgIpc) is 3.34. The summed E-state index contributed by atoms with van der Waals surface area (Å²) in [7, 11) is 0. The van der Waals surface area contributed by atoms with E-state index in [9.17, 15) is 4.79 Å². The molecular formula is C23H24N6O2S. The molecule has 2 heterocycles. The second kappa shape index (κ2) is 9.27. The molecule has 0 aliphatic rings. The zero-order valence-electron chi connectivity index (χ0n) is 18.1. The number of para-hydroxylation sites is 1. The SMILES string of the molecule is CC(C)Cc1ccc(C(C)c2nnc([S-])n2/N=C/c2c(=O)o[nH][n+]2-c2ccccc2)cc1. The van der Waals surface area contributed by atoms with Crippen LogP contribution in [-0.2, 0) is 19.0 Å². The smallest absolute Gasteiger partial charge is 0.436 e. The Morgan fingerprint density at radius 3 is 2.53 bits per heavy atom. The fraction of sp³-hybridized carbons (Fsp3) is 0.261. The Morgan fingerprint density at radius 2 is 1.84 bits per heavy atom. The summed E-state index contributed by atoms with van der Waals surface area (Å²) in [5.74, 6) is 1.10. The highest BCUT2D eigenvalue weighted by atomic mass is 32.1. The number of nitrogens with one attached hydrogen (secondary N) is 1. The molecule has 0 bridgehead atoms. The van der Waals surface area contributed by atoms with Crippen molar-refractivity contribution in [2.24, 2.45) is 11.0 Å². The zero-order chi connectivity index (χ0) is 22.7. The van der Waals surface area contributed by atoms with Gasteiger partial charge in [0, 0.05) is 23.2 Å². The van der Waals surface area contributed by atoms with Crippen LogP contribution in [0.15, 0.2) is 74.2 Å². The first-order valence-electron chi connectivity index (χ1n) is 10.4. The average molecular weight is 449 g/mol. The van der Waals surface area contributed by atoms with Crippen molar-refractivity contribution in [3.8, 4) is 5.69 Å². The minimum absolute atomic E-state index is 0.0895. The second-order valence-electron chi connectivity index (χ2n) is 8.00. The van der Waals surface area contributed by atoms with Gasteiger partial charge in [0.1, 0.15) is 6.21 Å². The molecule has 0 spiro atoms. The Kier molecular flexibility index (Phi) is 6.27. The first-order chi connectivity index (χ1) is 15.4. The lowest BCUT2D eigenvalue weighted by Crippen LogP contribution is -2.38. The van der Waals surface area contributed by atoms with Gasteiger partial charge in [-0.05, 0) is 33.4 Å². The Hall–Kier alpha value is -3.59. The molecule has 0 radical (unpaired) electrons. The van der Waals surface area contributed by atoms with Crippen molar-refractivity contribution in [1.82, 2.24) is 20.1 Å². The highest BCUT2D eigenvalue weighted by molar-refractivity contribution is 7.58. The number of aromatic amines is 1. The summed E-state index contributed by atoms with van der Waals surface area (Å²) in [6.45, 7) is 6.43. The van der Waals surface area contributed by atoms with Gasteiger partial charge in [-0.3, -0.25) is 4.52 Å². The molecule has 32 heavy (non-hydrogen) atoms. The summed E-state index contributed by atoms with van der Waals surface area (Å²) in [6, 6.07) is 17.8. The van der Waals surface area contributed by atoms with Gasteiger partial charge in [0.25, 0.3) is 0 Å². The number of benzene rings is 2. The van der Waals surface area contributed by atoms with Crippen molar-refractivity contribution in [3.63, 3.8) is 0 Å². The van der Waals surface area contributed by atoms with Crippen molar-refractivity contribution in [2.75, 3.05) is 0 Å². The van der Waals surface area contributed by atoms with E-state index in [1.807, 2.05) is 37.3 Å². The molecule has 0 amide bonds. The third-order valence-corrected chi connectivity index (χ3v) is 5.39. The molecule has 164 valence electrons. The van der Waals surface area contributed by atoms with Gasteiger partial charge in [0.15, 0.2) is 5.82 Å². The number of hydrogen-bond donors (Lipinski definition) is 1. The van der Waals surface area contributed by atoms with E-state index < -0.39 is 5.63 Å². The molecule has 1 N–H and O–H groups in total. The van der Waals surface area contributed by atoms with E-state index in [-0.39, 0.29) is 16.8 Å². The first kappa shape index (κ1) is 21.6. The molecule has 0 fully saturated rings. The zero-order valence-corrected chi connectivity index (χ0v) is 18.9. The Bertz CT molecular complexity index is 1270. The standard InChI is InChI=1S/C23H24N6O2S/c1-15(2)13-17-9-11-18(12-10-17)16(3)21-25-26-23(32)29(21)24-14-20-22(30)31-27-28(20)19-7-5-4-6-8-19/h4-12,14-16H,13H2,1-3H3,(H-,24,26,27,30,32). The van der Waals surface area contributed by atoms with E-state index in [4.69, 9.17) is 17.2 Å². The van der Waals surface area contributed by atoms with Crippen LogP contribution >= 0.6 is 0 Å². The monoisotopic (exact) mass is 448 g/mol. The van der Waals surface area contributed by atoms with Crippen LogP contribution in [0.2, 0.25) is 0 Å². The molecule has 2 aromatic carbocycles. The molecule has 1 unspecified atom stereocenters. The Balaban J connectivity index is 1.64. The molecule has 9 heteroatoms. The van der Waals surface area contributed by atoms with E-state index in [1.54, 1.807) is 0 Å². The summed E-state index contributed by atoms with van der Waals surface area (Å²) in [4.78, 5) is 12.2. The van der Waals surface area contributed by atoms with Gasteiger partial charge in [-0.15, -0.1) is 5.10 Å². The van der Waals surface area contributed by atoms with Crippen LogP contribution in [-0.4, -0.2) is 26.4 Å². The maximum atomic E-state index is 12.2. The Morgan fingerprint density at radius 1 is 1.12 bits per heavy atom. The summed E-state index contributed by atoms with van der Waals surface area (Å²) in [6.07, 6.45) is 2.43. The number of aromatic nitrogens is 5. The van der Waals surface area contributed by atoms with E-state index in [1.165, 1.54) is 21.1 Å². The maximum absolute atomic E-state index is 12.2. The summed E-state index contributed by atoms with van der Waals surface area (Å²) in [5, 5.41) is 15.5. The fourth-order valence-electron chi connectivity index (χ4n) is 3.49. The molecule has 0 aliphatic carbocycles. The van der Waals surface area contributed by atoms with Crippen molar-refractivity contribution in [1.29, 1.82) is 0 Å². The molecule has 4 aromatic rings. The number of rotatable bonds is 7. The van der Waals surface area contributed by atoms with Gasteiger partial charge in [-0.1, -0.05) is 63.2 Å². The van der Waals surface area contributed by atoms with Gasteiger partial charge in [0.2, 0.25) is 5.69 Å². The molecule has 8 nitrogen and oxygen atoms in total. The summed E-state index contributed by atoms with van der Waals surface area (Å²) in [5.41, 5.74) is 2.78. The normalized spacial score (nSPS) is 12.6. The van der Waals surface area contributed by atoms with Crippen LogP contribution in [0.4, 0.5) is 0 Å². The van der Waals surface area contributed by atoms with E-state index in [2.05, 4.69) is 58.7 Å². The van der Waals surface area contributed by atoms with Crippen molar-refractivity contribution in [2.45, 2.75) is 38.3 Å². The van der Waals surface area contributed by atoms with E-state index in [0.717, 1.165) is 17.7 Å². The van der Waals surface area contributed by atoms with Crippen molar-refractivity contribution in [3.05, 3.63) is 87.7 Å². The molecule has 4 rings (SSSR count). The van der Waals surface area contributed by atoms with Gasteiger partial charge >= 0.3 is 11.3 Å². The quantitative estimate of drug-likeness (QED) is 0.267. The molecule has 0 saturated heterocycles. The van der Waals surface area contributed by atoms with Crippen LogP contribution in [0.25, 0.3) is 5.69 Å². The predicted molar refractivity (Wildman–Crippen MR) is 122 cm³/mol. The third kappa shape index (κ3) is 4.52. The fourth-order valence-corrected chi connectivity index (χ4v) is 3.67. The molecule has 1 atom stereocenters. The largest absolute Gasteiger partial charge is 0.738 e. The lowest BCUT2D eigenvalue weighted by molar-refractivity contribution is -0.671. The number of H-pyrrole nitrogens is 1. The topological polar surface area (TPSA) is 92.9 Å².